The molecule has 1 heterocycles. The van der Waals surface area contributed by atoms with E-state index < -0.39 is 0 Å². The zero-order valence-electron chi connectivity index (χ0n) is 14.2. The molecule has 3 nitrogen and oxygen atoms in total. The molecule has 1 fully saturated rings. The van der Waals surface area contributed by atoms with Crippen LogP contribution in [0.2, 0.25) is 5.02 Å². The molecule has 0 saturated carbocycles. The number of nitrogens with zero attached hydrogens (tertiary/aromatic N) is 1. The van der Waals surface area contributed by atoms with Crippen molar-refractivity contribution < 1.29 is 9.18 Å². The van der Waals surface area contributed by atoms with Gasteiger partial charge in [0, 0.05) is 18.0 Å². The Bertz CT molecular complexity index is 666. The molecular weight excluding hydrogens is 339 g/mol. The van der Waals surface area contributed by atoms with Gasteiger partial charge in [-0.1, -0.05) is 35.9 Å². The van der Waals surface area contributed by atoms with Crippen LogP contribution in [-0.2, 0) is 4.79 Å². The van der Waals surface area contributed by atoms with Gasteiger partial charge in [-0.2, -0.15) is 0 Å². The van der Waals surface area contributed by atoms with Gasteiger partial charge in [0.1, 0.15) is 5.82 Å². The van der Waals surface area contributed by atoms with Gasteiger partial charge < -0.3 is 10.2 Å². The van der Waals surface area contributed by atoms with Gasteiger partial charge in [-0.25, -0.2) is 4.39 Å². The topological polar surface area (TPSA) is 32.3 Å². The summed E-state index contributed by atoms with van der Waals surface area (Å²) in [4.78, 5) is 14.8. The zero-order valence-corrected chi connectivity index (χ0v) is 15.0. The van der Waals surface area contributed by atoms with Crippen LogP contribution in [-0.4, -0.2) is 30.9 Å². The average molecular weight is 361 g/mol. The lowest BCUT2D eigenvalue weighted by Gasteiger charge is -2.33. The summed E-state index contributed by atoms with van der Waals surface area (Å²) in [5, 5.41) is 3.93. The van der Waals surface area contributed by atoms with Gasteiger partial charge in [0.05, 0.1) is 6.04 Å². The Kier molecular flexibility index (Phi) is 5.71. The number of rotatable bonds is 4. The van der Waals surface area contributed by atoms with Crippen LogP contribution in [0.5, 0.6) is 0 Å². The molecule has 1 N–H and O–H groups in total. The first kappa shape index (κ1) is 17.9. The molecule has 1 aliphatic rings. The van der Waals surface area contributed by atoms with E-state index in [2.05, 4.69) is 5.32 Å². The van der Waals surface area contributed by atoms with Crippen molar-refractivity contribution in [1.29, 1.82) is 0 Å². The quantitative estimate of drug-likeness (QED) is 0.892. The van der Waals surface area contributed by atoms with Crippen LogP contribution in [0.1, 0.15) is 30.0 Å². The van der Waals surface area contributed by atoms with Crippen LogP contribution < -0.4 is 5.32 Å². The Morgan fingerprint density at radius 3 is 2.16 bits per heavy atom. The molecular formula is C20H22ClFN2O. The summed E-state index contributed by atoms with van der Waals surface area (Å²) in [5.41, 5.74) is 1.84. The number of benzene rings is 2. The number of halogens is 2. The second kappa shape index (κ2) is 7.98. The summed E-state index contributed by atoms with van der Waals surface area (Å²) in [6.07, 6.45) is 1.69. The van der Waals surface area contributed by atoms with E-state index in [-0.39, 0.29) is 23.7 Å². The third-order valence-electron chi connectivity index (χ3n) is 4.79. The van der Waals surface area contributed by atoms with E-state index in [0.717, 1.165) is 37.1 Å². The smallest absolute Gasteiger partial charge is 0.226 e. The minimum Gasteiger partial charge on any atom is -0.334 e. The van der Waals surface area contributed by atoms with Crippen LogP contribution in [0.3, 0.4) is 0 Å². The third kappa shape index (κ3) is 4.20. The Labute approximate surface area is 152 Å². The van der Waals surface area contributed by atoms with Crippen molar-refractivity contribution in [3.63, 3.8) is 0 Å². The van der Waals surface area contributed by atoms with Crippen molar-refractivity contribution in [1.82, 2.24) is 10.2 Å². The molecule has 0 radical (unpaired) electrons. The van der Waals surface area contributed by atoms with Crippen molar-refractivity contribution in [2.75, 3.05) is 20.1 Å². The predicted octanol–water partition coefficient (Wildman–Crippen LogP) is 4.03. The predicted molar refractivity (Wildman–Crippen MR) is 98.1 cm³/mol. The first-order valence-electron chi connectivity index (χ1n) is 8.54. The van der Waals surface area contributed by atoms with Crippen molar-refractivity contribution in [2.45, 2.75) is 18.9 Å². The number of amides is 1. The van der Waals surface area contributed by atoms with Crippen molar-refractivity contribution in [3.05, 3.63) is 70.5 Å². The Hall–Kier alpha value is -1.91. The van der Waals surface area contributed by atoms with Crippen LogP contribution in [0.15, 0.2) is 48.5 Å². The lowest BCUT2D eigenvalue weighted by molar-refractivity contribution is -0.136. The molecule has 1 unspecified atom stereocenters. The van der Waals surface area contributed by atoms with E-state index in [4.69, 9.17) is 11.6 Å². The van der Waals surface area contributed by atoms with E-state index in [1.807, 2.05) is 31.3 Å². The fraction of sp³-hybridized carbons (Fsp3) is 0.350. The minimum atomic E-state index is -0.286. The maximum Gasteiger partial charge on any atom is 0.226 e. The highest BCUT2D eigenvalue weighted by Crippen LogP contribution is 2.31. The maximum atomic E-state index is 13.4. The molecule has 132 valence electrons. The molecule has 2 aromatic carbocycles. The minimum absolute atomic E-state index is 0.0292. The molecule has 3 rings (SSSR count). The fourth-order valence-corrected chi connectivity index (χ4v) is 3.54. The fourth-order valence-electron chi connectivity index (χ4n) is 3.41. The molecule has 1 atom stereocenters. The normalized spacial score (nSPS) is 16.4. The number of hydrogen-bond acceptors (Lipinski definition) is 2. The largest absolute Gasteiger partial charge is 0.334 e. The summed E-state index contributed by atoms with van der Waals surface area (Å²) in [7, 11) is 1.83. The van der Waals surface area contributed by atoms with Crippen LogP contribution in [0.25, 0.3) is 0 Å². The van der Waals surface area contributed by atoms with Crippen molar-refractivity contribution in [2.24, 2.45) is 5.92 Å². The van der Waals surface area contributed by atoms with Crippen molar-refractivity contribution in [3.8, 4) is 0 Å². The number of piperidine rings is 1. The van der Waals surface area contributed by atoms with Gasteiger partial charge in [-0.15, -0.1) is 0 Å². The van der Waals surface area contributed by atoms with E-state index >= 15 is 0 Å². The lowest BCUT2D eigenvalue weighted by atomic mass is 9.92. The maximum absolute atomic E-state index is 13.4. The second-order valence-electron chi connectivity index (χ2n) is 6.48. The first-order chi connectivity index (χ1) is 12.1. The molecule has 25 heavy (non-hydrogen) atoms. The Morgan fingerprint density at radius 1 is 1.08 bits per heavy atom. The molecule has 2 aromatic rings. The number of carbonyl (C=O) groups excluding carboxylic acids is 1. The molecule has 5 heteroatoms. The van der Waals surface area contributed by atoms with Crippen LogP contribution >= 0.6 is 11.6 Å². The van der Waals surface area contributed by atoms with Gasteiger partial charge in [-0.3, -0.25) is 4.79 Å². The van der Waals surface area contributed by atoms with Gasteiger partial charge in [0.15, 0.2) is 0 Å². The molecule has 0 spiro atoms. The molecule has 0 bridgehead atoms. The van der Waals surface area contributed by atoms with Gasteiger partial charge in [-0.05, 0) is 61.3 Å². The van der Waals surface area contributed by atoms with Gasteiger partial charge >= 0.3 is 0 Å². The molecule has 1 amide bonds. The molecule has 0 aliphatic carbocycles. The standard InChI is InChI=1S/C20H22ClFN2O/c1-24(20(25)16-10-12-23-13-11-16)19(14-2-6-17(21)7-3-14)15-4-8-18(22)9-5-15/h2-9,16,19,23H,10-13H2,1H3. The zero-order chi connectivity index (χ0) is 17.8. The number of nitrogens with one attached hydrogen (secondary N) is 1. The van der Waals surface area contributed by atoms with Gasteiger partial charge in [0.2, 0.25) is 5.91 Å². The molecule has 0 aromatic heterocycles. The van der Waals surface area contributed by atoms with E-state index in [0.29, 0.717) is 5.02 Å². The summed E-state index contributed by atoms with van der Waals surface area (Å²) in [5.74, 6) is -0.127. The molecule has 1 aliphatic heterocycles. The number of carbonyl (C=O) groups is 1. The van der Waals surface area contributed by atoms with E-state index in [1.54, 1.807) is 17.0 Å². The molecule has 1 saturated heterocycles. The first-order valence-corrected chi connectivity index (χ1v) is 8.92. The van der Waals surface area contributed by atoms with Gasteiger partial charge in [0.25, 0.3) is 0 Å². The highest BCUT2D eigenvalue weighted by atomic mass is 35.5. The monoisotopic (exact) mass is 360 g/mol. The SMILES string of the molecule is CN(C(=O)C1CCNCC1)C(c1ccc(F)cc1)c1ccc(Cl)cc1. The highest BCUT2D eigenvalue weighted by molar-refractivity contribution is 6.30. The van der Waals surface area contributed by atoms with Crippen LogP contribution in [0.4, 0.5) is 4.39 Å². The average Bonchev–Trinajstić information content (AvgIpc) is 2.65. The summed E-state index contributed by atoms with van der Waals surface area (Å²) >= 11 is 6.01. The highest BCUT2D eigenvalue weighted by Gasteiger charge is 2.29. The van der Waals surface area contributed by atoms with Crippen molar-refractivity contribution >= 4 is 17.5 Å². The van der Waals surface area contributed by atoms with E-state index in [9.17, 15) is 9.18 Å². The lowest BCUT2D eigenvalue weighted by Crippen LogP contribution is -2.41. The summed E-state index contributed by atoms with van der Waals surface area (Å²) < 4.78 is 13.4. The summed E-state index contributed by atoms with van der Waals surface area (Å²) in [6.45, 7) is 1.73. The van der Waals surface area contributed by atoms with E-state index in [1.165, 1.54) is 12.1 Å². The Morgan fingerprint density at radius 2 is 1.60 bits per heavy atom. The third-order valence-corrected chi connectivity index (χ3v) is 5.05. The second-order valence-corrected chi connectivity index (χ2v) is 6.92. The Balaban J connectivity index is 1.93. The number of hydrogen-bond donors (Lipinski definition) is 1. The van der Waals surface area contributed by atoms with Crippen LogP contribution in [0, 0.1) is 11.7 Å². The summed E-state index contributed by atoms with van der Waals surface area (Å²) in [6, 6.07) is 13.5.